The van der Waals surface area contributed by atoms with E-state index in [1.807, 2.05) is 18.2 Å². The second kappa shape index (κ2) is 7.87. The molecule has 0 spiro atoms. The van der Waals surface area contributed by atoms with E-state index in [9.17, 15) is 0 Å². The van der Waals surface area contributed by atoms with Crippen LogP contribution in [-0.2, 0) is 0 Å². The van der Waals surface area contributed by atoms with Gasteiger partial charge in [0.1, 0.15) is 0 Å². The summed E-state index contributed by atoms with van der Waals surface area (Å²) in [6, 6.07) is 48.7. The zero-order valence-electron chi connectivity index (χ0n) is 18.9. The highest BCUT2D eigenvalue weighted by molar-refractivity contribution is 6.13. The van der Waals surface area contributed by atoms with E-state index in [4.69, 9.17) is 4.98 Å². The van der Waals surface area contributed by atoms with Crippen molar-refractivity contribution in [2.75, 3.05) is 0 Å². The average Bonchev–Trinajstić information content (AvgIpc) is 3.26. The molecule has 0 aliphatic rings. The molecule has 0 saturated carbocycles. The van der Waals surface area contributed by atoms with Crippen LogP contribution in [-0.4, -0.2) is 9.55 Å². The molecule has 35 heavy (non-hydrogen) atoms. The van der Waals surface area contributed by atoms with Gasteiger partial charge in [-0.3, -0.25) is 0 Å². The molecular formula is C33H20N2. The van der Waals surface area contributed by atoms with Crippen LogP contribution in [0.5, 0.6) is 0 Å². The minimum absolute atomic E-state index is 0.952. The molecule has 0 aliphatic carbocycles. The molecule has 2 aromatic heterocycles. The van der Waals surface area contributed by atoms with Crippen molar-refractivity contribution in [1.29, 1.82) is 0 Å². The molecule has 0 amide bonds. The monoisotopic (exact) mass is 444 g/mol. The highest BCUT2D eigenvalue weighted by Gasteiger charge is 2.15. The van der Waals surface area contributed by atoms with Crippen molar-refractivity contribution in [1.82, 2.24) is 9.55 Å². The van der Waals surface area contributed by atoms with E-state index in [0.717, 1.165) is 39.1 Å². The fourth-order valence-electron chi connectivity index (χ4n) is 4.97. The summed E-state index contributed by atoms with van der Waals surface area (Å²) in [5.41, 5.74) is 7.51. The summed E-state index contributed by atoms with van der Waals surface area (Å²) in [5.74, 6) is 0. The molecule has 162 valence electrons. The topological polar surface area (TPSA) is 17.8 Å². The van der Waals surface area contributed by atoms with Crippen LogP contribution < -0.4 is 0 Å². The van der Waals surface area contributed by atoms with Gasteiger partial charge in [0.15, 0.2) is 0 Å². The molecule has 2 heterocycles. The lowest BCUT2D eigenvalue weighted by molar-refractivity contribution is 1.16. The number of rotatable bonds is 3. The zero-order valence-corrected chi connectivity index (χ0v) is 18.9. The Labute approximate surface area is 203 Å². The minimum atomic E-state index is 0.952. The van der Waals surface area contributed by atoms with E-state index in [-0.39, 0.29) is 0 Å². The highest BCUT2D eigenvalue weighted by atomic mass is 15.0. The van der Waals surface area contributed by atoms with E-state index in [1.165, 1.54) is 21.7 Å². The van der Waals surface area contributed by atoms with Crippen LogP contribution in [0.1, 0.15) is 0 Å². The van der Waals surface area contributed by atoms with Gasteiger partial charge in [-0.1, -0.05) is 91.0 Å². The molecule has 0 N–H and O–H groups in total. The minimum Gasteiger partial charge on any atom is -0.309 e. The quantitative estimate of drug-likeness (QED) is 0.268. The maximum Gasteiger partial charge on any atom is 0.0730 e. The fraction of sp³-hybridized carbons (Fsp3) is 0. The molecule has 0 unspecified atom stereocenters. The summed E-state index contributed by atoms with van der Waals surface area (Å²) in [7, 11) is 0. The van der Waals surface area contributed by atoms with Crippen molar-refractivity contribution in [3.63, 3.8) is 0 Å². The molecule has 7 rings (SSSR count). The van der Waals surface area contributed by atoms with Gasteiger partial charge in [-0.25, -0.2) is 4.98 Å². The summed E-state index contributed by atoms with van der Waals surface area (Å²) in [5, 5.41) is 4.69. The summed E-state index contributed by atoms with van der Waals surface area (Å²) >= 11 is 0. The predicted octanol–water partition coefficient (Wildman–Crippen LogP) is 8.27. The van der Waals surface area contributed by atoms with Gasteiger partial charge in [-0.15, -0.1) is 0 Å². The van der Waals surface area contributed by atoms with Gasteiger partial charge >= 0.3 is 0 Å². The Kier molecular flexibility index (Phi) is 4.40. The van der Waals surface area contributed by atoms with Gasteiger partial charge < -0.3 is 4.57 Å². The van der Waals surface area contributed by atoms with Crippen molar-refractivity contribution in [3.8, 4) is 28.2 Å². The van der Waals surface area contributed by atoms with Crippen molar-refractivity contribution in [2.45, 2.75) is 0 Å². The Balaban J connectivity index is 1.59. The van der Waals surface area contributed by atoms with Gasteiger partial charge in [-0.05, 0) is 47.9 Å². The molecule has 0 radical (unpaired) electrons. The molecule has 0 aliphatic heterocycles. The Morgan fingerprint density at radius 2 is 1.23 bits per heavy atom. The molecule has 7 aromatic rings. The van der Waals surface area contributed by atoms with Crippen molar-refractivity contribution in [3.05, 3.63) is 133 Å². The smallest absolute Gasteiger partial charge is 0.0730 e. The number of benzene rings is 4. The lowest BCUT2D eigenvalue weighted by atomic mass is 10.1. The Morgan fingerprint density at radius 1 is 0.571 bits per heavy atom. The van der Waals surface area contributed by atoms with Crippen molar-refractivity contribution in [2.24, 2.45) is 0 Å². The first-order chi connectivity index (χ1) is 17.3. The van der Waals surface area contributed by atoms with Crippen LogP contribution >= 0.6 is 0 Å². The molecule has 0 bridgehead atoms. The third-order valence-corrected chi connectivity index (χ3v) is 6.60. The van der Waals surface area contributed by atoms with Gasteiger partial charge in [0.25, 0.3) is 0 Å². The SMILES string of the molecule is c1ccc2cc3c4ccccc4n(-c4cc(-c5ccccc5)nc(-c5ccccc5)c4)c3cc2c#1. The Morgan fingerprint density at radius 3 is 1.94 bits per heavy atom. The van der Waals surface area contributed by atoms with Crippen LogP contribution in [0.2, 0.25) is 0 Å². The van der Waals surface area contributed by atoms with Crippen LogP contribution in [0.25, 0.3) is 60.8 Å². The van der Waals surface area contributed by atoms with E-state index in [0.29, 0.717) is 0 Å². The summed E-state index contributed by atoms with van der Waals surface area (Å²) in [4.78, 5) is 5.07. The first kappa shape index (κ1) is 19.6. The number of fused-ring (bicyclic) bond motifs is 4. The van der Waals surface area contributed by atoms with E-state index in [2.05, 4.69) is 120 Å². The van der Waals surface area contributed by atoms with Crippen molar-refractivity contribution >= 4 is 32.6 Å². The first-order valence-corrected chi connectivity index (χ1v) is 11.7. The Bertz CT molecular complexity index is 1770. The van der Waals surface area contributed by atoms with E-state index < -0.39 is 0 Å². The molecule has 5 aromatic carbocycles. The van der Waals surface area contributed by atoms with Gasteiger partial charge in [0.05, 0.1) is 28.1 Å². The summed E-state index contributed by atoms with van der Waals surface area (Å²) < 4.78 is 2.35. The normalized spacial score (nSPS) is 11.2. The van der Waals surface area contributed by atoms with Crippen LogP contribution in [0.15, 0.2) is 121 Å². The van der Waals surface area contributed by atoms with E-state index >= 15 is 0 Å². The first-order valence-electron chi connectivity index (χ1n) is 11.7. The van der Waals surface area contributed by atoms with Gasteiger partial charge in [-0.2, -0.15) is 0 Å². The van der Waals surface area contributed by atoms with Crippen molar-refractivity contribution < 1.29 is 0 Å². The van der Waals surface area contributed by atoms with Gasteiger partial charge in [0.2, 0.25) is 0 Å². The molecule has 0 saturated heterocycles. The number of nitrogens with zero attached hydrogens (tertiary/aromatic N) is 2. The predicted molar refractivity (Wildman–Crippen MR) is 145 cm³/mol. The number of para-hydroxylation sites is 1. The standard InChI is InChI=1S/C33H20N2/c1-3-11-23(12-4-1)30-21-27(22-31(34-30)24-13-5-2-6-14-24)35-32-18-10-9-17-28(32)29-19-25-15-7-8-16-26(25)20-33(29)35/h1-7,9-15,17-22H. The highest BCUT2D eigenvalue weighted by Crippen LogP contribution is 2.36. The number of aromatic nitrogens is 2. The second-order valence-electron chi connectivity index (χ2n) is 8.74. The zero-order chi connectivity index (χ0) is 23.2. The van der Waals surface area contributed by atoms with E-state index in [1.54, 1.807) is 0 Å². The molecule has 0 atom stereocenters. The molecular weight excluding hydrogens is 424 g/mol. The molecule has 0 fully saturated rings. The largest absolute Gasteiger partial charge is 0.309 e. The maximum atomic E-state index is 5.07. The summed E-state index contributed by atoms with van der Waals surface area (Å²) in [6.07, 6.45) is 0. The second-order valence-corrected chi connectivity index (χ2v) is 8.74. The van der Waals surface area contributed by atoms with Crippen LogP contribution in [0.4, 0.5) is 0 Å². The van der Waals surface area contributed by atoms with Gasteiger partial charge in [0, 0.05) is 27.3 Å². The lowest BCUT2D eigenvalue weighted by Crippen LogP contribution is -1.98. The third kappa shape index (κ3) is 3.26. The lowest BCUT2D eigenvalue weighted by Gasteiger charge is -2.13. The van der Waals surface area contributed by atoms with Crippen LogP contribution in [0, 0.1) is 12.1 Å². The Hall–Kier alpha value is -4.87. The number of hydrogen-bond donors (Lipinski definition) is 0. The number of hydrogen-bond acceptors (Lipinski definition) is 1. The van der Waals surface area contributed by atoms with Crippen LogP contribution in [0.3, 0.4) is 0 Å². The summed E-state index contributed by atoms with van der Waals surface area (Å²) in [6.45, 7) is 0. The number of pyridine rings is 1. The average molecular weight is 445 g/mol. The molecule has 2 heteroatoms. The third-order valence-electron chi connectivity index (χ3n) is 6.60. The molecule has 2 nitrogen and oxygen atoms in total. The maximum absolute atomic E-state index is 5.07. The fourth-order valence-corrected chi connectivity index (χ4v) is 4.97.